The van der Waals surface area contributed by atoms with Crippen LogP contribution in [0.3, 0.4) is 0 Å². The van der Waals surface area contributed by atoms with Gasteiger partial charge in [-0.05, 0) is 26.3 Å². The lowest BCUT2D eigenvalue weighted by atomic mass is 10.0. The zero-order valence-electron chi connectivity index (χ0n) is 9.94. The molecule has 0 aliphatic carbocycles. The first-order chi connectivity index (χ1) is 8.00. The van der Waals surface area contributed by atoms with Crippen molar-refractivity contribution in [3.8, 4) is 11.3 Å². The molecule has 4 heteroatoms. The molecule has 1 N–H and O–H groups in total. The van der Waals surface area contributed by atoms with Gasteiger partial charge < -0.3 is 9.63 Å². The minimum Gasteiger partial charge on any atom is -0.476 e. The fourth-order valence-electron chi connectivity index (χ4n) is 1.85. The van der Waals surface area contributed by atoms with Gasteiger partial charge in [0.25, 0.3) is 0 Å². The van der Waals surface area contributed by atoms with Crippen LogP contribution in [0, 0.1) is 20.8 Å². The number of hydrogen-bond acceptors (Lipinski definition) is 3. The third-order valence-corrected chi connectivity index (χ3v) is 2.75. The Hall–Kier alpha value is -2.10. The first kappa shape index (κ1) is 11.4. The summed E-state index contributed by atoms with van der Waals surface area (Å²) in [5.41, 5.74) is 3.61. The first-order valence-electron chi connectivity index (χ1n) is 5.28. The van der Waals surface area contributed by atoms with Crippen molar-refractivity contribution in [2.24, 2.45) is 0 Å². The van der Waals surface area contributed by atoms with E-state index < -0.39 is 5.97 Å². The average Bonchev–Trinajstić information content (AvgIpc) is 2.60. The summed E-state index contributed by atoms with van der Waals surface area (Å²) in [6.07, 6.45) is 0. The molecule has 0 bridgehead atoms. The number of aromatic carboxylic acids is 1. The molecule has 0 saturated carbocycles. The van der Waals surface area contributed by atoms with E-state index in [1.807, 2.05) is 32.0 Å². The number of carboxylic acid groups (broad SMARTS) is 1. The topological polar surface area (TPSA) is 63.3 Å². The molecule has 1 aromatic heterocycles. The SMILES string of the molecule is Cc1ccc(-c2onc(C(=O)O)c2C)c(C)c1. The Balaban J connectivity index is 2.57. The minimum atomic E-state index is -1.07. The Morgan fingerprint density at radius 3 is 2.53 bits per heavy atom. The fraction of sp³-hybridized carbons (Fsp3) is 0.231. The van der Waals surface area contributed by atoms with Gasteiger partial charge in [0.05, 0.1) is 0 Å². The van der Waals surface area contributed by atoms with Crippen LogP contribution in [-0.4, -0.2) is 16.2 Å². The third kappa shape index (κ3) is 1.93. The third-order valence-electron chi connectivity index (χ3n) is 2.75. The summed E-state index contributed by atoms with van der Waals surface area (Å²) < 4.78 is 5.13. The molecular weight excluding hydrogens is 218 g/mol. The number of benzene rings is 1. The van der Waals surface area contributed by atoms with Crippen molar-refractivity contribution in [3.63, 3.8) is 0 Å². The molecule has 2 aromatic rings. The monoisotopic (exact) mass is 231 g/mol. The van der Waals surface area contributed by atoms with Gasteiger partial charge in [0, 0.05) is 11.1 Å². The van der Waals surface area contributed by atoms with Gasteiger partial charge in [0.2, 0.25) is 0 Å². The zero-order chi connectivity index (χ0) is 12.6. The number of nitrogens with zero attached hydrogens (tertiary/aromatic N) is 1. The number of rotatable bonds is 2. The zero-order valence-corrected chi connectivity index (χ0v) is 9.94. The quantitative estimate of drug-likeness (QED) is 0.863. The number of aryl methyl sites for hydroxylation is 2. The standard InChI is InChI=1S/C13H13NO3/c1-7-4-5-10(8(2)6-7)12-9(3)11(13(15)16)14-17-12/h4-6H,1-3H3,(H,15,16). The molecule has 0 aliphatic heterocycles. The normalized spacial score (nSPS) is 10.5. The van der Waals surface area contributed by atoms with Crippen molar-refractivity contribution >= 4 is 5.97 Å². The van der Waals surface area contributed by atoms with E-state index in [-0.39, 0.29) is 5.69 Å². The predicted octanol–water partition coefficient (Wildman–Crippen LogP) is 2.97. The highest BCUT2D eigenvalue weighted by atomic mass is 16.5. The van der Waals surface area contributed by atoms with Crippen LogP contribution in [0.4, 0.5) is 0 Å². The highest BCUT2D eigenvalue weighted by Gasteiger charge is 2.19. The Morgan fingerprint density at radius 1 is 1.29 bits per heavy atom. The van der Waals surface area contributed by atoms with E-state index in [1.54, 1.807) is 6.92 Å². The van der Waals surface area contributed by atoms with E-state index in [0.717, 1.165) is 16.7 Å². The second-order valence-electron chi connectivity index (χ2n) is 4.11. The molecule has 0 radical (unpaired) electrons. The van der Waals surface area contributed by atoms with Crippen molar-refractivity contribution in [3.05, 3.63) is 40.6 Å². The molecule has 1 heterocycles. The Labute approximate surface area is 98.9 Å². The maximum absolute atomic E-state index is 10.9. The molecule has 17 heavy (non-hydrogen) atoms. The lowest BCUT2D eigenvalue weighted by Crippen LogP contribution is -1.98. The number of carboxylic acids is 1. The van der Waals surface area contributed by atoms with Gasteiger partial charge in [-0.15, -0.1) is 0 Å². The summed E-state index contributed by atoms with van der Waals surface area (Å²) in [4.78, 5) is 10.9. The van der Waals surface area contributed by atoms with Crippen LogP contribution in [0.1, 0.15) is 27.2 Å². The largest absolute Gasteiger partial charge is 0.476 e. The van der Waals surface area contributed by atoms with E-state index in [2.05, 4.69) is 5.16 Å². The van der Waals surface area contributed by atoms with Crippen LogP contribution in [-0.2, 0) is 0 Å². The van der Waals surface area contributed by atoms with Crippen LogP contribution in [0.25, 0.3) is 11.3 Å². The lowest BCUT2D eigenvalue weighted by molar-refractivity contribution is 0.0685. The molecule has 0 amide bonds. The van der Waals surface area contributed by atoms with Crippen molar-refractivity contribution in [1.29, 1.82) is 0 Å². The van der Waals surface area contributed by atoms with Crippen molar-refractivity contribution in [2.75, 3.05) is 0 Å². The molecule has 0 spiro atoms. The fourth-order valence-corrected chi connectivity index (χ4v) is 1.85. The molecule has 0 atom stereocenters. The van der Waals surface area contributed by atoms with Crippen molar-refractivity contribution in [1.82, 2.24) is 5.16 Å². The van der Waals surface area contributed by atoms with Gasteiger partial charge in [-0.25, -0.2) is 4.79 Å². The van der Waals surface area contributed by atoms with E-state index in [1.165, 1.54) is 0 Å². The lowest BCUT2D eigenvalue weighted by Gasteiger charge is -2.03. The van der Waals surface area contributed by atoms with Crippen LogP contribution in [0.15, 0.2) is 22.7 Å². The number of aromatic nitrogens is 1. The van der Waals surface area contributed by atoms with Crippen LogP contribution in [0.5, 0.6) is 0 Å². The van der Waals surface area contributed by atoms with Crippen LogP contribution >= 0.6 is 0 Å². The molecule has 0 fully saturated rings. The summed E-state index contributed by atoms with van der Waals surface area (Å²) in [6, 6.07) is 5.91. The highest BCUT2D eigenvalue weighted by molar-refractivity contribution is 5.89. The van der Waals surface area contributed by atoms with Gasteiger partial charge >= 0.3 is 5.97 Å². The van der Waals surface area contributed by atoms with Gasteiger partial charge in [-0.3, -0.25) is 0 Å². The maximum Gasteiger partial charge on any atom is 0.358 e. The van der Waals surface area contributed by atoms with E-state index in [9.17, 15) is 4.79 Å². The molecule has 88 valence electrons. The molecule has 2 rings (SSSR count). The molecule has 0 unspecified atom stereocenters. The Kier molecular flexibility index (Phi) is 2.71. The predicted molar refractivity (Wildman–Crippen MR) is 63.1 cm³/mol. The summed E-state index contributed by atoms with van der Waals surface area (Å²) in [6.45, 7) is 5.67. The Morgan fingerprint density at radius 2 is 2.00 bits per heavy atom. The minimum absolute atomic E-state index is 0.0278. The summed E-state index contributed by atoms with van der Waals surface area (Å²) in [5, 5.41) is 12.5. The van der Waals surface area contributed by atoms with Crippen LogP contribution in [0.2, 0.25) is 0 Å². The highest BCUT2D eigenvalue weighted by Crippen LogP contribution is 2.28. The van der Waals surface area contributed by atoms with Gasteiger partial charge in [0.1, 0.15) is 0 Å². The van der Waals surface area contributed by atoms with Gasteiger partial charge in [-0.1, -0.05) is 28.9 Å². The number of hydrogen-bond donors (Lipinski definition) is 1. The van der Waals surface area contributed by atoms with E-state index in [0.29, 0.717) is 11.3 Å². The van der Waals surface area contributed by atoms with Crippen LogP contribution < -0.4 is 0 Å². The first-order valence-corrected chi connectivity index (χ1v) is 5.28. The molecular formula is C13H13NO3. The summed E-state index contributed by atoms with van der Waals surface area (Å²) in [5.74, 6) is -0.540. The van der Waals surface area contributed by atoms with Crippen molar-refractivity contribution < 1.29 is 14.4 Å². The maximum atomic E-state index is 10.9. The van der Waals surface area contributed by atoms with Gasteiger partial charge in [-0.2, -0.15) is 0 Å². The van der Waals surface area contributed by atoms with E-state index in [4.69, 9.17) is 9.63 Å². The average molecular weight is 231 g/mol. The molecule has 0 aliphatic rings. The smallest absolute Gasteiger partial charge is 0.358 e. The second kappa shape index (κ2) is 4.05. The Bertz CT molecular complexity index is 584. The van der Waals surface area contributed by atoms with E-state index >= 15 is 0 Å². The summed E-state index contributed by atoms with van der Waals surface area (Å²) >= 11 is 0. The summed E-state index contributed by atoms with van der Waals surface area (Å²) in [7, 11) is 0. The molecule has 1 aromatic carbocycles. The molecule has 0 saturated heterocycles. The second-order valence-corrected chi connectivity index (χ2v) is 4.11. The van der Waals surface area contributed by atoms with Crippen molar-refractivity contribution in [2.45, 2.75) is 20.8 Å². The molecule has 4 nitrogen and oxygen atoms in total. The van der Waals surface area contributed by atoms with Gasteiger partial charge in [0.15, 0.2) is 11.5 Å². The number of carbonyl (C=O) groups is 1.